The molecule has 128 valence electrons. The van der Waals surface area contributed by atoms with Crippen LogP contribution in [-0.4, -0.2) is 48.2 Å². The molecule has 1 fully saturated rings. The Morgan fingerprint density at radius 2 is 2.04 bits per heavy atom. The number of aryl methyl sites for hydroxylation is 1. The van der Waals surface area contributed by atoms with Crippen molar-refractivity contribution in [2.75, 3.05) is 19.8 Å². The summed E-state index contributed by atoms with van der Waals surface area (Å²) in [5.41, 5.74) is -0.577. The van der Waals surface area contributed by atoms with Crippen LogP contribution in [0.1, 0.15) is 37.4 Å². The maximum absolute atomic E-state index is 12.6. The summed E-state index contributed by atoms with van der Waals surface area (Å²) in [7, 11) is 0. The monoisotopic (exact) mass is 339 g/mol. The third kappa shape index (κ3) is 5.04. The number of carbonyl (C=O) groups is 2. The van der Waals surface area contributed by atoms with Gasteiger partial charge in [0.05, 0.1) is 13.2 Å². The van der Waals surface area contributed by atoms with Crippen molar-refractivity contribution in [3.63, 3.8) is 0 Å². The summed E-state index contributed by atoms with van der Waals surface area (Å²) in [6.07, 6.45) is 0.854. The first kappa shape index (κ1) is 17.9. The molecule has 1 aromatic rings. The van der Waals surface area contributed by atoms with Crippen molar-refractivity contribution in [1.29, 1.82) is 0 Å². The molecule has 1 saturated heterocycles. The minimum Gasteiger partial charge on any atom is -0.444 e. The van der Waals surface area contributed by atoms with Crippen LogP contribution in [0.2, 0.25) is 0 Å². The maximum Gasteiger partial charge on any atom is 0.411 e. The number of ether oxygens (including phenoxy) is 2. The zero-order valence-corrected chi connectivity index (χ0v) is 15.1. The Morgan fingerprint density at radius 3 is 2.65 bits per heavy atom. The van der Waals surface area contributed by atoms with E-state index in [-0.39, 0.29) is 12.4 Å². The van der Waals surface area contributed by atoms with E-state index in [1.165, 1.54) is 9.78 Å². The normalized spacial score (nSPS) is 18.8. The summed E-state index contributed by atoms with van der Waals surface area (Å²) in [5, 5.41) is 0. The lowest BCUT2D eigenvalue weighted by atomic mass is 10.1. The number of amides is 1. The molecule has 1 aliphatic heterocycles. The van der Waals surface area contributed by atoms with E-state index >= 15 is 0 Å². The molecule has 1 atom stereocenters. The number of hydrogen-bond acceptors (Lipinski definition) is 5. The first-order valence-corrected chi connectivity index (χ1v) is 8.79. The second-order valence-corrected chi connectivity index (χ2v) is 7.88. The lowest BCUT2D eigenvalue weighted by Crippen LogP contribution is -2.54. The highest BCUT2D eigenvalue weighted by atomic mass is 32.1. The van der Waals surface area contributed by atoms with Gasteiger partial charge in [-0.25, -0.2) is 4.79 Å². The molecule has 0 saturated carbocycles. The molecule has 2 heterocycles. The summed E-state index contributed by atoms with van der Waals surface area (Å²) in [5.74, 6) is 0.0000576. The van der Waals surface area contributed by atoms with Gasteiger partial charge in [0, 0.05) is 22.7 Å². The second-order valence-electron chi connectivity index (χ2n) is 6.63. The average Bonchev–Trinajstić information content (AvgIpc) is 2.93. The minimum absolute atomic E-state index is 0.0000576. The van der Waals surface area contributed by atoms with Crippen LogP contribution in [0.15, 0.2) is 12.1 Å². The lowest BCUT2D eigenvalue weighted by molar-refractivity contribution is -0.129. The molecular weight excluding hydrogens is 314 g/mol. The quantitative estimate of drug-likeness (QED) is 0.846. The zero-order chi connectivity index (χ0) is 17.0. The van der Waals surface area contributed by atoms with Crippen LogP contribution in [0, 0.1) is 0 Å². The molecule has 6 heteroatoms. The number of hydrogen-bond donors (Lipinski definition) is 0. The first-order chi connectivity index (χ1) is 10.8. The minimum atomic E-state index is -0.577. The molecule has 0 aliphatic carbocycles. The van der Waals surface area contributed by atoms with Crippen molar-refractivity contribution in [3.8, 4) is 0 Å². The van der Waals surface area contributed by atoms with Gasteiger partial charge in [-0.1, -0.05) is 6.92 Å². The maximum atomic E-state index is 12.6. The smallest absolute Gasteiger partial charge is 0.411 e. The van der Waals surface area contributed by atoms with Gasteiger partial charge in [0.1, 0.15) is 11.6 Å². The molecule has 5 nitrogen and oxygen atoms in total. The van der Waals surface area contributed by atoms with Gasteiger partial charge in [-0.05, 0) is 39.3 Å². The Morgan fingerprint density at radius 1 is 1.35 bits per heavy atom. The van der Waals surface area contributed by atoms with Crippen molar-refractivity contribution in [2.45, 2.75) is 52.2 Å². The Kier molecular flexibility index (Phi) is 5.81. The Bertz CT molecular complexity index is 561. The van der Waals surface area contributed by atoms with Crippen LogP contribution in [0.25, 0.3) is 0 Å². The van der Waals surface area contributed by atoms with Crippen LogP contribution in [0.5, 0.6) is 0 Å². The van der Waals surface area contributed by atoms with Crippen LogP contribution >= 0.6 is 11.3 Å². The van der Waals surface area contributed by atoms with Crippen LogP contribution < -0.4 is 0 Å². The van der Waals surface area contributed by atoms with E-state index in [0.29, 0.717) is 19.6 Å². The summed E-state index contributed by atoms with van der Waals surface area (Å²) < 4.78 is 10.8. The van der Waals surface area contributed by atoms with E-state index in [0.717, 1.165) is 11.3 Å². The lowest BCUT2D eigenvalue weighted by Gasteiger charge is -2.35. The van der Waals surface area contributed by atoms with Gasteiger partial charge in [-0.3, -0.25) is 9.69 Å². The van der Waals surface area contributed by atoms with Gasteiger partial charge in [0.2, 0.25) is 0 Å². The van der Waals surface area contributed by atoms with Crippen molar-refractivity contribution >= 4 is 23.2 Å². The van der Waals surface area contributed by atoms with E-state index in [1.807, 2.05) is 26.8 Å². The van der Waals surface area contributed by atoms with Crippen molar-refractivity contribution < 1.29 is 19.1 Å². The van der Waals surface area contributed by atoms with Crippen LogP contribution in [0.3, 0.4) is 0 Å². The molecule has 1 aromatic heterocycles. The fraction of sp³-hybridized carbons (Fsp3) is 0.647. The highest BCUT2D eigenvalue weighted by Gasteiger charge is 2.35. The number of Topliss-reactive ketones (excluding diaryl/α,β-unsaturated/α-hetero) is 1. The largest absolute Gasteiger partial charge is 0.444 e. The number of morpholine rings is 1. The topological polar surface area (TPSA) is 55.8 Å². The predicted octanol–water partition coefficient (Wildman–Crippen LogP) is 3.06. The van der Waals surface area contributed by atoms with Gasteiger partial charge < -0.3 is 9.47 Å². The fourth-order valence-corrected chi connectivity index (χ4v) is 3.37. The summed E-state index contributed by atoms with van der Waals surface area (Å²) in [4.78, 5) is 28.7. The molecular formula is C17H25NO4S. The second kappa shape index (κ2) is 7.45. The van der Waals surface area contributed by atoms with E-state index in [9.17, 15) is 9.59 Å². The van der Waals surface area contributed by atoms with Crippen molar-refractivity contribution in [2.24, 2.45) is 0 Å². The highest BCUT2D eigenvalue weighted by molar-refractivity contribution is 7.12. The van der Waals surface area contributed by atoms with E-state index < -0.39 is 17.7 Å². The molecule has 1 aliphatic rings. The fourth-order valence-electron chi connectivity index (χ4n) is 2.41. The van der Waals surface area contributed by atoms with Gasteiger partial charge >= 0.3 is 6.09 Å². The molecule has 0 bridgehead atoms. The van der Waals surface area contributed by atoms with Crippen molar-refractivity contribution in [3.05, 3.63) is 21.9 Å². The molecule has 0 spiro atoms. The molecule has 23 heavy (non-hydrogen) atoms. The van der Waals surface area contributed by atoms with Crippen LogP contribution in [-0.2, 0) is 27.1 Å². The number of thiophene rings is 1. The number of carbonyl (C=O) groups excluding carboxylic acids is 2. The molecule has 2 rings (SSSR count). The summed E-state index contributed by atoms with van der Waals surface area (Å²) >= 11 is 1.65. The number of rotatable bonds is 4. The van der Waals surface area contributed by atoms with E-state index in [1.54, 1.807) is 11.3 Å². The summed E-state index contributed by atoms with van der Waals surface area (Å²) in [6.45, 7) is 8.61. The third-order valence-electron chi connectivity index (χ3n) is 3.54. The van der Waals surface area contributed by atoms with Gasteiger partial charge in [0.15, 0.2) is 5.78 Å². The standard InChI is InChI=1S/C17H25NO4S/c1-5-12-6-7-13(23-12)10-15(19)14-11-21-9-8-18(14)16(20)22-17(2,3)4/h6-7,14H,5,8-11H2,1-4H3. The predicted molar refractivity (Wildman–Crippen MR) is 90.0 cm³/mol. The van der Waals surface area contributed by atoms with E-state index in [2.05, 4.69) is 13.0 Å². The molecule has 1 unspecified atom stereocenters. The average molecular weight is 339 g/mol. The van der Waals surface area contributed by atoms with Crippen molar-refractivity contribution in [1.82, 2.24) is 4.90 Å². The molecule has 0 N–H and O–H groups in total. The highest BCUT2D eigenvalue weighted by Crippen LogP contribution is 2.21. The Balaban J connectivity index is 2.04. The molecule has 0 radical (unpaired) electrons. The molecule has 1 amide bonds. The third-order valence-corrected chi connectivity index (χ3v) is 4.77. The number of ketones is 1. The zero-order valence-electron chi connectivity index (χ0n) is 14.3. The Labute approximate surface area is 141 Å². The van der Waals surface area contributed by atoms with Gasteiger partial charge in [-0.15, -0.1) is 11.3 Å². The first-order valence-electron chi connectivity index (χ1n) is 7.98. The van der Waals surface area contributed by atoms with E-state index in [4.69, 9.17) is 9.47 Å². The number of nitrogens with zero attached hydrogens (tertiary/aromatic N) is 1. The SMILES string of the molecule is CCc1ccc(CC(=O)C2COCCN2C(=O)OC(C)(C)C)s1. The summed E-state index contributed by atoms with van der Waals surface area (Å²) in [6, 6.07) is 3.48. The molecule has 0 aromatic carbocycles. The van der Waals surface area contributed by atoms with Crippen LogP contribution in [0.4, 0.5) is 4.79 Å². The Hall–Kier alpha value is -1.40. The van der Waals surface area contributed by atoms with Gasteiger partial charge in [0.25, 0.3) is 0 Å². The van der Waals surface area contributed by atoms with Gasteiger partial charge in [-0.2, -0.15) is 0 Å².